The van der Waals surface area contributed by atoms with Crippen LogP contribution in [0.1, 0.15) is 27.1 Å². The highest BCUT2D eigenvalue weighted by Crippen LogP contribution is 2.27. The van der Waals surface area contributed by atoms with Gasteiger partial charge in [0, 0.05) is 12.3 Å². The van der Waals surface area contributed by atoms with Crippen LogP contribution in [-0.2, 0) is 0 Å². The number of amides is 2. The van der Waals surface area contributed by atoms with Crippen LogP contribution >= 0.6 is 23.1 Å². The van der Waals surface area contributed by atoms with Crippen LogP contribution in [-0.4, -0.2) is 34.0 Å². The van der Waals surface area contributed by atoms with Gasteiger partial charge in [-0.3, -0.25) is 14.5 Å². The highest BCUT2D eigenvalue weighted by Gasteiger charge is 2.34. The number of anilines is 1. The Balaban J connectivity index is 1.55. The molecular weight excluding hydrogens is 306 g/mol. The molecule has 3 rings (SSSR count). The summed E-state index contributed by atoms with van der Waals surface area (Å²) in [6.45, 7) is 0.438. The lowest BCUT2D eigenvalue weighted by Crippen LogP contribution is -2.30. The Morgan fingerprint density at radius 2 is 1.86 bits per heavy atom. The van der Waals surface area contributed by atoms with E-state index in [2.05, 4.69) is 4.98 Å². The van der Waals surface area contributed by atoms with E-state index in [9.17, 15) is 9.59 Å². The minimum atomic E-state index is -0.192. The van der Waals surface area contributed by atoms with Gasteiger partial charge in [0.2, 0.25) is 0 Å². The number of nitrogen functional groups attached to an aromatic ring is 1. The summed E-state index contributed by atoms with van der Waals surface area (Å²) in [5, 5.41) is 0.554. The molecule has 0 saturated heterocycles. The quantitative estimate of drug-likeness (QED) is 0.520. The van der Waals surface area contributed by atoms with E-state index in [0.717, 1.165) is 16.4 Å². The second kappa shape index (κ2) is 5.87. The van der Waals surface area contributed by atoms with Gasteiger partial charge in [0.15, 0.2) is 5.13 Å². The summed E-state index contributed by atoms with van der Waals surface area (Å²) in [5.41, 5.74) is 6.57. The molecule has 0 atom stereocenters. The molecule has 0 unspecified atom stereocenters. The number of carbonyl (C=O) groups excluding carboxylic acids is 2. The molecule has 2 heterocycles. The number of carbonyl (C=O) groups is 2. The van der Waals surface area contributed by atoms with Gasteiger partial charge in [0.05, 0.1) is 21.5 Å². The molecule has 0 fully saturated rings. The standard InChI is InChI=1S/C14H13N3O2S2/c15-14-16-8-11(21-14)20-7-3-6-17-12(18)9-4-1-2-5-10(9)13(17)19/h1-2,4-5,8H,3,6-7H2,(H2,15,16). The topological polar surface area (TPSA) is 76.3 Å². The fraction of sp³-hybridized carbons (Fsp3) is 0.214. The van der Waals surface area contributed by atoms with Crippen molar-refractivity contribution in [2.24, 2.45) is 0 Å². The molecule has 21 heavy (non-hydrogen) atoms. The van der Waals surface area contributed by atoms with Gasteiger partial charge in [0.1, 0.15) is 0 Å². The summed E-state index contributed by atoms with van der Waals surface area (Å²) in [4.78, 5) is 29.6. The molecule has 1 aromatic heterocycles. The van der Waals surface area contributed by atoms with Crippen LogP contribution in [0.5, 0.6) is 0 Å². The first-order chi connectivity index (χ1) is 10.2. The molecule has 2 aromatic rings. The van der Waals surface area contributed by atoms with Gasteiger partial charge in [-0.05, 0) is 18.6 Å². The molecule has 0 spiro atoms. The number of nitrogens with zero attached hydrogens (tertiary/aromatic N) is 2. The first kappa shape index (κ1) is 14.1. The highest BCUT2D eigenvalue weighted by atomic mass is 32.2. The summed E-state index contributed by atoms with van der Waals surface area (Å²) >= 11 is 3.08. The smallest absolute Gasteiger partial charge is 0.261 e. The van der Waals surface area contributed by atoms with E-state index >= 15 is 0 Å². The molecule has 108 valence electrons. The van der Waals surface area contributed by atoms with Gasteiger partial charge in [-0.15, -0.1) is 11.8 Å². The van der Waals surface area contributed by atoms with Crippen molar-refractivity contribution >= 4 is 40.0 Å². The predicted molar refractivity (Wildman–Crippen MR) is 83.7 cm³/mol. The summed E-state index contributed by atoms with van der Waals surface area (Å²) in [7, 11) is 0. The summed E-state index contributed by atoms with van der Waals surface area (Å²) in [6, 6.07) is 6.95. The number of rotatable bonds is 5. The molecule has 0 bridgehead atoms. The van der Waals surface area contributed by atoms with Crippen molar-refractivity contribution < 1.29 is 9.59 Å². The molecule has 2 amide bonds. The van der Waals surface area contributed by atoms with Crippen molar-refractivity contribution in [3.8, 4) is 0 Å². The molecule has 0 saturated carbocycles. The average molecular weight is 319 g/mol. The Kier molecular flexibility index (Phi) is 3.94. The minimum Gasteiger partial charge on any atom is -0.375 e. The number of aromatic nitrogens is 1. The van der Waals surface area contributed by atoms with Crippen LogP contribution in [0.2, 0.25) is 0 Å². The SMILES string of the molecule is Nc1ncc(SCCCN2C(=O)c3ccccc3C2=O)s1. The lowest BCUT2D eigenvalue weighted by molar-refractivity contribution is 0.0655. The van der Waals surface area contributed by atoms with Crippen LogP contribution < -0.4 is 5.73 Å². The maximum absolute atomic E-state index is 12.1. The molecule has 0 radical (unpaired) electrons. The molecule has 5 nitrogen and oxygen atoms in total. The van der Waals surface area contributed by atoms with Crippen molar-refractivity contribution in [1.82, 2.24) is 9.88 Å². The van der Waals surface area contributed by atoms with Gasteiger partial charge in [-0.1, -0.05) is 23.5 Å². The molecule has 1 aliphatic rings. The van der Waals surface area contributed by atoms with Crippen molar-refractivity contribution in [3.63, 3.8) is 0 Å². The van der Waals surface area contributed by atoms with Crippen molar-refractivity contribution in [3.05, 3.63) is 41.6 Å². The van der Waals surface area contributed by atoms with Crippen molar-refractivity contribution in [2.45, 2.75) is 10.6 Å². The Hall–Kier alpha value is -1.86. The highest BCUT2D eigenvalue weighted by molar-refractivity contribution is 8.01. The number of imide groups is 1. The third kappa shape index (κ3) is 2.79. The molecule has 2 N–H and O–H groups in total. The van der Waals surface area contributed by atoms with Crippen LogP contribution in [0.25, 0.3) is 0 Å². The third-order valence-electron chi connectivity index (χ3n) is 3.15. The molecule has 1 aliphatic heterocycles. The number of benzene rings is 1. The van der Waals surface area contributed by atoms with Gasteiger partial charge >= 0.3 is 0 Å². The summed E-state index contributed by atoms with van der Waals surface area (Å²) < 4.78 is 1.05. The molecule has 0 aliphatic carbocycles. The van der Waals surface area contributed by atoms with E-state index in [1.807, 2.05) is 0 Å². The number of thioether (sulfide) groups is 1. The molecule has 7 heteroatoms. The minimum absolute atomic E-state index is 0.192. The molecule has 1 aromatic carbocycles. The Bertz CT molecular complexity index is 664. The van der Waals surface area contributed by atoms with Crippen LogP contribution in [0.15, 0.2) is 34.7 Å². The van der Waals surface area contributed by atoms with Crippen LogP contribution in [0.4, 0.5) is 5.13 Å². The summed E-state index contributed by atoms with van der Waals surface area (Å²) in [5.74, 6) is 0.431. The average Bonchev–Trinajstić information content (AvgIpc) is 3.00. The van der Waals surface area contributed by atoms with Gasteiger partial charge < -0.3 is 5.73 Å². The maximum Gasteiger partial charge on any atom is 0.261 e. The first-order valence-electron chi connectivity index (χ1n) is 6.46. The Labute approximate surface area is 130 Å². The van der Waals surface area contributed by atoms with E-state index < -0.39 is 0 Å². The Morgan fingerprint density at radius 3 is 2.43 bits per heavy atom. The molecular formula is C14H13N3O2S2. The van der Waals surface area contributed by atoms with Gasteiger partial charge in [0.25, 0.3) is 11.8 Å². The largest absolute Gasteiger partial charge is 0.375 e. The maximum atomic E-state index is 12.1. The second-order valence-corrected chi connectivity index (χ2v) is 6.98. The number of thiazole rings is 1. The van der Waals surface area contributed by atoms with E-state index in [0.29, 0.717) is 22.8 Å². The zero-order valence-corrected chi connectivity index (χ0v) is 12.7. The van der Waals surface area contributed by atoms with E-state index in [1.165, 1.54) is 16.2 Å². The predicted octanol–water partition coefficient (Wildman–Crippen LogP) is 2.50. The zero-order valence-electron chi connectivity index (χ0n) is 11.1. The van der Waals surface area contributed by atoms with E-state index in [-0.39, 0.29) is 11.8 Å². The van der Waals surface area contributed by atoms with Crippen molar-refractivity contribution in [2.75, 3.05) is 18.0 Å². The Morgan fingerprint density at radius 1 is 1.19 bits per heavy atom. The number of fused-ring (bicyclic) bond motifs is 1. The second-order valence-electron chi connectivity index (χ2n) is 4.53. The summed E-state index contributed by atoms with van der Waals surface area (Å²) in [6.07, 6.45) is 2.49. The van der Waals surface area contributed by atoms with Gasteiger partial charge in [-0.2, -0.15) is 0 Å². The fourth-order valence-corrected chi connectivity index (χ4v) is 3.94. The van der Waals surface area contributed by atoms with E-state index in [1.54, 1.807) is 42.2 Å². The number of nitrogens with two attached hydrogens (primary N) is 1. The lowest BCUT2D eigenvalue weighted by atomic mass is 10.1. The number of hydrogen-bond donors (Lipinski definition) is 1. The third-order valence-corrected chi connectivity index (χ3v) is 5.26. The van der Waals surface area contributed by atoms with Crippen molar-refractivity contribution in [1.29, 1.82) is 0 Å². The lowest BCUT2D eigenvalue weighted by Gasteiger charge is -2.12. The zero-order chi connectivity index (χ0) is 14.8. The fourth-order valence-electron chi connectivity index (χ4n) is 2.18. The van der Waals surface area contributed by atoms with Crippen LogP contribution in [0.3, 0.4) is 0 Å². The van der Waals surface area contributed by atoms with Crippen LogP contribution in [0, 0.1) is 0 Å². The van der Waals surface area contributed by atoms with E-state index in [4.69, 9.17) is 5.73 Å². The monoisotopic (exact) mass is 319 g/mol. The normalized spacial score (nSPS) is 13.8. The first-order valence-corrected chi connectivity index (χ1v) is 8.26. The number of hydrogen-bond acceptors (Lipinski definition) is 6. The van der Waals surface area contributed by atoms with Gasteiger partial charge in [-0.25, -0.2) is 4.98 Å².